The van der Waals surface area contributed by atoms with Crippen LogP contribution in [0.2, 0.25) is 10.0 Å². The SMILES string of the molecule is O=C(O)/C=C/c1ccc(-c2cccc(Cl)c2Cl)s1. The molecule has 0 bridgehead atoms. The highest BCUT2D eigenvalue weighted by Gasteiger charge is 2.08. The summed E-state index contributed by atoms with van der Waals surface area (Å²) in [5.74, 6) is -0.967. The van der Waals surface area contributed by atoms with Gasteiger partial charge in [0.1, 0.15) is 0 Å². The summed E-state index contributed by atoms with van der Waals surface area (Å²) in [7, 11) is 0. The number of carbonyl (C=O) groups is 1. The molecule has 0 amide bonds. The van der Waals surface area contributed by atoms with Crippen LogP contribution in [0.4, 0.5) is 0 Å². The van der Waals surface area contributed by atoms with Crippen molar-refractivity contribution in [1.29, 1.82) is 0 Å². The van der Waals surface area contributed by atoms with E-state index in [-0.39, 0.29) is 0 Å². The fourth-order valence-corrected chi connectivity index (χ4v) is 2.84. The molecule has 1 aromatic carbocycles. The largest absolute Gasteiger partial charge is 0.478 e. The van der Waals surface area contributed by atoms with Crippen LogP contribution in [-0.2, 0) is 4.79 Å². The molecule has 0 unspecified atom stereocenters. The molecule has 0 saturated carbocycles. The van der Waals surface area contributed by atoms with Gasteiger partial charge in [-0.15, -0.1) is 11.3 Å². The van der Waals surface area contributed by atoms with Gasteiger partial charge < -0.3 is 5.11 Å². The van der Waals surface area contributed by atoms with Gasteiger partial charge in [-0.25, -0.2) is 4.79 Å². The normalized spacial score (nSPS) is 11.0. The Morgan fingerprint density at radius 2 is 2.00 bits per heavy atom. The van der Waals surface area contributed by atoms with Gasteiger partial charge in [0.25, 0.3) is 0 Å². The van der Waals surface area contributed by atoms with Crippen LogP contribution in [0.15, 0.2) is 36.4 Å². The molecule has 0 radical (unpaired) electrons. The van der Waals surface area contributed by atoms with E-state index in [0.29, 0.717) is 10.0 Å². The molecule has 2 rings (SSSR count). The molecule has 92 valence electrons. The van der Waals surface area contributed by atoms with Crippen molar-refractivity contribution in [3.8, 4) is 10.4 Å². The van der Waals surface area contributed by atoms with Gasteiger partial charge in [-0.1, -0.05) is 35.3 Å². The van der Waals surface area contributed by atoms with E-state index in [1.165, 1.54) is 11.3 Å². The monoisotopic (exact) mass is 298 g/mol. The van der Waals surface area contributed by atoms with Crippen molar-refractivity contribution in [2.45, 2.75) is 0 Å². The van der Waals surface area contributed by atoms with Crippen molar-refractivity contribution in [3.63, 3.8) is 0 Å². The van der Waals surface area contributed by atoms with Gasteiger partial charge in [-0.05, 0) is 24.3 Å². The van der Waals surface area contributed by atoms with Gasteiger partial charge in [0.2, 0.25) is 0 Å². The van der Waals surface area contributed by atoms with Crippen LogP contribution in [0.5, 0.6) is 0 Å². The van der Waals surface area contributed by atoms with Crippen molar-refractivity contribution in [3.05, 3.63) is 51.3 Å². The van der Waals surface area contributed by atoms with Crippen LogP contribution in [0.1, 0.15) is 4.88 Å². The van der Waals surface area contributed by atoms with Crippen LogP contribution in [0, 0.1) is 0 Å². The van der Waals surface area contributed by atoms with Crippen LogP contribution >= 0.6 is 34.5 Å². The molecule has 0 atom stereocenters. The lowest BCUT2D eigenvalue weighted by atomic mass is 10.2. The minimum absolute atomic E-state index is 0.505. The first-order valence-corrected chi connectivity index (χ1v) is 6.60. The molecule has 1 heterocycles. The molecule has 0 aliphatic heterocycles. The van der Waals surface area contributed by atoms with Gasteiger partial charge in [-0.2, -0.15) is 0 Å². The maximum atomic E-state index is 10.4. The molecule has 0 saturated heterocycles. The Morgan fingerprint density at radius 3 is 2.72 bits per heavy atom. The molecule has 1 N–H and O–H groups in total. The van der Waals surface area contributed by atoms with Crippen molar-refractivity contribution in [2.75, 3.05) is 0 Å². The van der Waals surface area contributed by atoms with Gasteiger partial charge >= 0.3 is 5.97 Å². The zero-order valence-electron chi connectivity index (χ0n) is 9.06. The quantitative estimate of drug-likeness (QED) is 0.825. The number of halogens is 2. The molecule has 0 spiro atoms. The Hall–Kier alpha value is -1.29. The van der Waals surface area contributed by atoms with Gasteiger partial charge in [0, 0.05) is 21.4 Å². The maximum Gasteiger partial charge on any atom is 0.328 e. The smallest absolute Gasteiger partial charge is 0.328 e. The summed E-state index contributed by atoms with van der Waals surface area (Å²) in [4.78, 5) is 12.2. The third-order valence-electron chi connectivity index (χ3n) is 2.23. The predicted octanol–water partition coefficient (Wildman–Crippen LogP) is 4.82. The van der Waals surface area contributed by atoms with E-state index in [4.69, 9.17) is 28.3 Å². The van der Waals surface area contributed by atoms with Gasteiger partial charge in [0.15, 0.2) is 0 Å². The van der Waals surface area contributed by atoms with E-state index < -0.39 is 5.97 Å². The van der Waals surface area contributed by atoms with Crippen molar-refractivity contribution < 1.29 is 9.90 Å². The molecule has 0 fully saturated rings. The van der Waals surface area contributed by atoms with Crippen LogP contribution < -0.4 is 0 Å². The second kappa shape index (κ2) is 5.57. The highest BCUT2D eigenvalue weighted by Crippen LogP contribution is 2.37. The number of benzene rings is 1. The summed E-state index contributed by atoms with van der Waals surface area (Å²) in [5, 5.41) is 9.57. The number of aliphatic carboxylic acids is 1. The summed E-state index contributed by atoms with van der Waals surface area (Å²) in [6.45, 7) is 0. The summed E-state index contributed by atoms with van der Waals surface area (Å²) >= 11 is 13.5. The predicted molar refractivity (Wildman–Crippen MR) is 76.4 cm³/mol. The molecular formula is C13H8Cl2O2S. The zero-order chi connectivity index (χ0) is 13.1. The molecule has 1 aromatic heterocycles. The Bertz CT molecular complexity index is 617. The summed E-state index contributed by atoms with van der Waals surface area (Å²) in [5.41, 5.74) is 0.851. The first-order chi connectivity index (χ1) is 8.58. The standard InChI is InChI=1S/C13H8Cl2O2S/c14-10-3-1-2-9(13(10)15)11-6-4-8(18-11)5-7-12(16)17/h1-7H,(H,16,17)/b7-5+. The molecule has 5 heteroatoms. The first-order valence-electron chi connectivity index (χ1n) is 5.03. The molecule has 2 aromatic rings. The van der Waals surface area contributed by atoms with Gasteiger partial charge in [-0.3, -0.25) is 0 Å². The van der Waals surface area contributed by atoms with Crippen LogP contribution in [-0.4, -0.2) is 11.1 Å². The van der Waals surface area contributed by atoms with Crippen molar-refractivity contribution >= 4 is 46.6 Å². The molecule has 0 aliphatic carbocycles. The highest BCUT2D eigenvalue weighted by atomic mass is 35.5. The third kappa shape index (κ3) is 2.93. The fraction of sp³-hybridized carbons (Fsp3) is 0. The topological polar surface area (TPSA) is 37.3 Å². The highest BCUT2D eigenvalue weighted by molar-refractivity contribution is 7.16. The number of rotatable bonds is 3. The number of carboxylic acid groups (broad SMARTS) is 1. The summed E-state index contributed by atoms with van der Waals surface area (Å²) in [6.07, 6.45) is 2.66. The third-order valence-corrected chi connectivity index (χ3v) is 4.14. The lowest BCUT2D eigenvalue weighted by Gasteiger charge is -2.02. The second-order valence-electron chi connectivity index (χ2n) is 3.47. The molecule has 18 heavy (non-hydrogen) atoms. The zero-order valence-corrected chi connectivity index (χ0v) is 11.4. The van der Waals surface area contributed by atoms with Crippen LogP contribution in [0.25, 0.3) is 16.5 Å². The molecule has 0 aliphatic rings. The average Bonchev–Trinajstić information content (AvgIpc) is 2.78. The lowest BCUT2D eigenvalue weighted by Crippen LogP contribution is -1.84. The first kappa shape index (κ1) is 13.1. The Labute approximate surface area is 118 Å². The maximum absolute atomic E-state index is 10.4. The van der Waals surface area contributed by atoms with Gasteiger partial charge in [0.05, 0.1) is 10.0 Å². The minimum atomic E-state index is -0.967. The average molecular weight is 299 g/mol. The van der Waals surface area contributed by atoms with Crippen molar-refractivity contribution in [1.82, 2.24) is 0 Å². The van der Waals surface area contributed by atoms with E-state index in [2.05, 4.69) is 0 Å². The minimum Gasteiger partial charge on any atom is -0.478 e. The van der Waals surface area contributed by atoms with E-state index in [1.807, 2.05) is 24.3 Å². The molecule has 2 nitrogen and oxygen atoms in total. The Morgan fingerprint density at radius 1 is 1.22 bits per heavy atom. The number of carboxylic acids is 1. The lowest BCUT2D eigenvalue weighted by molar-refractivity contribution is -0.131. The Balaban J connectivity index is 2.35. The Kier molecular flexibility index (Phi) is 4.07. The van der Waals surface area contributed by atoms with E-state index in [1.54, 1.807) is 12.1 Å². The second-order valence-corrected chi connectivity index (χ2v) is 5.38. The number of thiophene rings is 1. The van der Waals surface area contributed by atoms with E-state index >= 15 is 0 Å². The fourth-order valence-electron chi connectivity index (χ4n) is 1.43. The van der Waals surface area contributed by atoms with Crippen molar-refractivity contribution in [2.24, 2.45) is 0 Å². The molecular weight excluding hydrogens is 291 g/mol. The van der Waals surface area contributed by atoms with E-state index in [0.717, 1.165) is 21.4 Å². The van der Waals surface area contributed by atoms with E-state index in [9.17, 15) is 4.79 Å². The number of hydrogen-bond acceptors (Lipinski definition) is 2. The van der Waals surface area contributed by atoms with Crippen LogP contribution in [0.3, 0.4) is 0 Å². The summed E-state index contributed by atoms with van der Waals surface area (Å²) in [6, 6.07) is 9.17. The number of hydrogen-bond donors (Lipinski definition) is 1. The summed E-state index contributed by atoms with van der Waals surface area (Å²) < 4.78 is 0.